The van der Waals surface area contributed by atoms with Gasteiger partial charge in [-0.05, 0) is 68.5 Å². The molecule has 0 aliphatic carbocycles. The quantitative estimate of drug-likeness (QED) is 0.484. The summed E-state index contributed by atoms with van der Waals surface area (Å²) in [5.41, 5.74) is 2.53. The molecule has 0 aliphatic rings. The number of nitrogens with zero attached hydrogens (tertiary/aromatic N) is 4. The molecule has 8 nitrogen and oxygen atoms in total. The number of hydrogen-bond acceptors (Lipinski definition) is 6. The fourth-order valence-electron chi connectivity index (χ4n) is 2.80. The monoisotopic (exact) mass is 401 g/mol. The third kappa shape index (κ3) is 4.61. The van der Waals surface area contributed by atoms with Crippen molar-refractivity contribution in [2.75, 3.05) is 5.32 Å². The summed E-state index contributed by atoms with van der Waals surface area (Å²) in [6.07, 6.45) is 4.55. The molecule has 0 radical (unpaired) electrons. The van der Waals surface area contributed by atoms with Crippen molar-refractivity contribution in [1.29, 1.82) is 0 Å². The lowest BCUT2D eigenvalue weighted by atomic mass is 10.3. The Morgan fingerprint density at radius 1 is 1.10 bits per heavy atom. The van der Waals surface area contributed by atoms with E-state index < -0.39 is 0 Å². The number of carbonyl (C=O) groups is 1. The van der Waals surface area contributed by atoms with Crippen molar-refractivity contribution in [3.05, 3.63) is 84.1 Å². The number of benzene rings is 1. The van der Waals surface area contributed by atoms with Crippen molar-refractivity contribution in [3.8, 4) is 17.4 Å². The summed E-state index contributed by atoms with van der Waals surface area (Å²) in [6, 6.07) is 16.0. The number of anilines is 1. The topological polar surface area (TPSA) is 95.1 Å². The lowest BCUT2D eigenvalue weighted by Crippen LogP contribution is -2.07. The van der Waals surface area contributed by atoms with Crippen LogP contribution in [0.15, 0.2) is 71.4 Å². The van der Waals surface area contributed by atoms with E-state index >= 15 is 0 Å². The lowest BCUT2D eigenvalue weighted by molar-refractivity contribution is -0.111. The van der Waals surface area contributed by atoms with E-state index in [4.69, 9.17) is 9.15 Å². The highest BCUT2D eigenvalue weighted by Gasteiger charge is 2.07. The van der Waals surface area contributed by atoms with Crippen LogP contribution in [-0.2, 0) is 4.79 Å². The molecule has 4 rings (SSSR count). The van der Waals surface area contributed by atoms with Crippen molar-refractivity contribution in [3.63, 3.8) is 0 Å². The van der Waals surface area contributed by atoms with E-state index in [1.165, 1.54) is 6.08 Å². The fraction of sp³-hybridized carbons (Fsp3) is 0.0909. The van der Waals surface area contributed by atoms with Crippen LogP contribution < -0.4 is 10.1 Å². The highest BCUT2D eigenvalue weighted by molar-refractivity contribution is 6.01. The zero-order valence-electron chi connectivity index (χ0n) is 16.4. The Bertz CT molecular complexity index is 1160. The van der Waals surface area contributed by atoms with E-state index in [9.17, 15) is 4.79 Å². The number of ether oxygens (including phenoxy) is 1. The number of carbonyl (C=O) groups excluding carboxylic acids is 1. The zero-order chi connectivity index (χ0) is 20.9. The number of amides is 1. The predicted octanol–water partition coefficient (Wildman–Crippen LogP) is 4.32. The molecule has 150 valence electrons. The number of hydrogen-bond donors (Lipinski definition) is 1. The third-order valence-corrected chi connectivity index (χ3v) is 4.14. The highest BCUT2D eigenvalue weighted by atomic mass is 16.5. The Hall–Kier alpha value is -4.20. The highest BCUT2D eigenvalue weighted by Crippen LogP contribution is 2.22. The molecule has 0 fully saturated rings. The largest absolute Gasteiger partial charge is 0.465 e. The summed E-state index contributed by atoms with van der Waals surface area (Å²) in [6.45, 7) is 3.88. The van der Waals surface area contributed by atoms with Gasteiger partial charge in [0, 0.05) is 23.5 Å². The van der Waals surface area contributed by atoms with E-state index in [0.29, 0.717) is 28.9 Å². The van der Waals surface area contributed by atoms with Crippen LogP contribution in [-0.4, -0.2) is 25.9 Å². The normalized spacial score (nSPS) is 11.0. The summed E-state index contributed by atoms with van der Waals surface area (Å²) >= 11 is 0. The molecule has 1 amide bonds. The van der Waals surface area contributed by atoms with Crippen LogP contribution in [0.3, 0.4) is 0 Å². The maximum atomic E-state index is 12.0. The maximum absolute atomic E-state index is 12.0. The second-order valence-electron chi connectivity index (χ2n) is 6.53. The smallest absolute Gasteiger partial charge is 0.248 e. The van der Waals surface area contributed by atoms with Crippen LogP contribution in [0.4, 0.5) is 5.69 Å². The van der Waals surface area contributed by atoms with Crippen LogP contribution in [0.2, 0.25) is 0 Å². The molecule has 1 N–H and O–H groups in total. The van der Waals surface area contributed by atoms with Crippen LogP contribution in [0.5, 0.6) is 11.6 Å². The first-order valence-corrected chi connectivity index (χ1v) is 9.25. The van der Waals surface area contributed by atoms with Gasteiger partial charge in [0.2, 0.25) is 11.8 Å². The van der Waals surface area contributed by atoms with Gasteiger partial charge in [0.05, 0.1) is 12.0 Å². The van der Waals surface area contributed by atoms with Gasteiger partial charge in [-0.1, -0.05) is 0 Å². The third-order valence-electron chi connectivity index (χ3n) is 4.14. The lowest BCUT2D eigenvalue weighted by Gasteiger charge is -2.07. The van der Waals surface area contributed by atoms with E-state index in [1.807, 2.05) is 19.9 Å². The fourth-order valence-corrected chi connectivity index (χ4v) is 2.80. The standard InChI is InChI=1S/C22H19N5O3/c1-15-14-16(2)27(26-15)20-10-12-22(25-24-20)30-19-7-5-17(6-8-19)23-21(28)11-9-18-4-3-13-29-18/h3-14H,1-2H3,(H,23,28)/b11-9+. The van der Waals surface area contributed by atoms with E-state index in [-0.39, 0.29) is 5.91 Å². The molecule has 3 heterocycles. The second-order valence-corrected chi connectivity index (χ2v) is 6.53. The molecular weight excluding hydrogens is 382 g/mol. The molecule has 4 aromatic rings. The Kier molecular flexibility index (Phi) is 5.38. The number of rotatable bonds is 6. The molecule has 0 spiro atoms. The predicted molar refractivity (Wildman–Crippen MR) is 112 cm³/mol. The molecule has 0 saturated carbocycles. The van der Waals surface area contributed by atoms with E-state index in [1.54, 1.807) is 65.6 Å². The first kappa shape index (κ1) is 19.1. The number of aromatic nitrogens is 4. The van der Waals surface area contributed by atoms with E-state index in [2.05, 4.69) is 20.6 Å². The first-order chi connectivity index (χ1) is 14.6. The van der Waals surface area contributed by atoms with Gasteiger partial charge in [-0.15, -0.1) is 10.2 Å². The minimum absolute atomic E-state index is 0.259. The molecule has 8 heteroatoms. The summed E-state index contributed by atoms with van der Waals surface area (Å²) in [7, 11) is 0. The van der Waals surface area contributed by atoms with Gasteiger partial charge < -0.3 is 14.5 Å². The minimum atomic E-state index is -0.259. The SMILES string of the molecule is Cc1cc(C)n(-c2ccc(Oc3ccc(NC(=O)/C=C/c4ccco4)cc3)nn2)n1. The van der Waals surface area contributed by atoms with Gasteiger partial charge in [0.1, 0.15) is 11.5 Å². The van der Waals surface area contributed by atoms with Crippen LogP contribution in [0.1, 0.15) is 17.1 Å². The van der Waals surface area contributed by atoms with Crippen molar-refractivity contribution in [2.45, 2.75) is 13.8 Å². The van der Waals surface area contributed by atoms with Crippen molar-refractivity contribution in [2.24, 2.45) is 0 Å². The molecule has 0 saturated heterocycles. The average Bonchev–Trinajstić information content (AvgIpc) is 3.38. The molecule has 0 aliphatic heterocycles. The van der Waals surface area contributed by atoms with Gasteiger partial charge in [0.15, 0.2) is 5.82 Å². The first-order valence-electron chi connectivity index (χ1n) is 9.25. The molecular formula is C22H19N5O3. The molecule has 30 heavy (non-hydrogen) atoms. The summed E-state index contributed by atoms with van der Waals surface area (Å²) < 4.78 is 12.6. The Morgan fingerprint density at radius 2 is 1.93 bits per heavy atom. The number of nitrogens with one attached hydrogen (secondary N) is 1. The van der Waals surface area contributed by atoms with Gasteiger partial charge in [-0.25, -0.2) is 4.68 Å². The number of aryl methyl sites for hydroxylation is 2. The van der Waals surface area contributed by atoms with E-state index in [0.717, 1.165) is 11.4 Å². The van der Waals surface area contributed by atoms with Gasteiger partial charge in [-0.3, -0.25) is 4.79 Å². The summed E-state index contributed by atoms with van der Waals surface area (Å²) in [5, 5.41) is 15.4. The minimum Gasteiger partial charge on any atom is -0.465 e. The van der Waals surface area contributed by atoms with Crippen molar-refractivity contribution >= 4 is 17.7 Å². The van der Waals surface area contributed by atoms with Gasteiger partial charge in [0.25, 0.3) is 0 Å². The average molecular weight is 401 g/mol. The van der Waals surface area contributed by atoms with Crippen LogP contribution in [0.25, 0.3) is 11.9 Å². The van der Waals surface area contributed by atoms with Crippen LogP contribution >= 0.6 is 0 Å². The zero-order valence-corrected chi connectivity index (χ0v) is 16.4. The molecule has 0 unspecified atom stereocenters. The molecule has 3 aromatic heterocycles. The summed E-state index contributed by atoms with van der Waals surface area (Å²) in [5.74, 6) is 1.91. The van der Waals surface area contributed by atoms with Crippen molar-refractivity contribution in [1.82, 2.24) is 20.0 Å². The van der Waals surface area contributed by atoms with Gasteiger partial charge in [-0.2, -0.15) is 5.10 Å². The van der Waals surface area contributed by atoms with Crippen molar-refractivity contribution < 1.29 is 13.9 Å². The maximum Gasteiger partial charge on any atom is 0.248 e. The van der Waals surface area contributed by atoms with Crippen LogP contribution in [0, 0.1) is 13.8 Å². The molecule has 0 bridgehead atoms. The number of furan rings is 1. The molecule has 1 aromatic carbocycles. The Labute approximate surface area is 172 Å². The summed E-state index contributed by atoms with van der Waals surface area (Å²) in [4.78, 5) is 12.0. The Morgan fingerprint density at radius 3 is 2.57 bits per heavy atom. The Balaban J connectivity index is 1.36. The van der Waals surface area contributed by atoms with Gasteiger partial charge >= 0.3 is 0 Å². The molecule has 0 atom stereocenters. The second kappa shape index (κ2) is 8.44.